The average molecular weight is 404 g/mol. The van der Waals surface area contributed by atoms with Gasteiger partial charge in [0.2, 0.25) is 5.91 Å². The minimum Gasteiger partial charge on any atom is -0.323 e. The number of halogens is 2. The third kappa shape index (κ3) is 2.95. The Balaban J connectivity index is 1.54. The number of carbonyl (C=O) groups is 3. The second-order valence-electron chi connectivity index (χ2n) is 6.56. The number of benzene rings is 2. The molecular weight excluding hydrogens is 389 g/mol. The number of hydrogen-bond donors (Lipinski definition) is 2. The third-order valence-corrected chi connectivity index (χ3v) is 5.49. The molecule has 6 nitrogen and oxygen atoms in total. The molecule has 0 radical (unpaired) electrons. The van der Waals surface area contributed by atoms with Crippen molar-refractivity contribution in [1.29, 1.82) is 0 Å². The lowest BCUT2D eigenvalue weighted by atomic mass is 9.92. The van der Waals surface area contributed by atoms with Gasteiger partial charge in [0, 0.05) is 5.02 Å². The van der Waals surface area contributed by atoms with E-state index in [1.54, 1.807) is 12.1 Å². The smallest absolute Gasteiger partial charge is 0.323 e. The summed E-state index contributed by atoms with van der Waals surface area (Å²) < 4.78 is 0. The molecule has 4 rings (SSSR count). The third-order valence-electron chi connectivity index (χ3n) is 4.93. The molecule has 2 N–H and O–H groups in total. The van der Waals surface area contributed by atoms with Crippen molar-refractivity contribution in [3.8, 4) is 0 Å². The number of carbonyl (C=O) groups excluding carboxylic acids is 3. The van der Waals surface area contributed by atoms with E-state index in [4.69, 9.17) is 23.2 Å². The molecule has 1 aliphatic carbocycles. The van der Waals surface area contributed by atoms with Crippen LogP contribution in [0.5, 0.6) is 0 Å². The Labute approximate surface area is 165 Å². The minimum absolute atomic E-state index is 0.311. The van der Waals surface area contributed by atoms with Gasteiger partial charge in [0.25, 0.3) is 5.91 Å². The lowest BCUT2D eigenvalue weighted by Gasteiger charge is -2.22. The topological polar surface area (TPSA) is 78.5 Å². The van der Waals surface area contributed by atoms with E-state index in [0.29, 0.717) is 28.6 Å². The van der Waals surface area contributed by atoms with Crippen molar-refractivity contribution in [1.82, 2.24) is 10.2 Å². The number of rotatable bonds is 3. The fourth-order valence-electron chi connectivity index (χ4n) is 3.66. The predicted molar refractivity (Wildman–Crippen MR) is 102 cm³/mol. The molecule has 1 heterocycles. The number of fused-ring (bicyclic) bond motifs is 2. The van der Waals surface area contributed by atoms with Crippen LogP contribution in [0.3, 0.4) is 0 Å². The van der Waals surface area contributed by atoms with E-state index in [1.165, 1.54) is 6.07 Å². The Morgan fingerprint density at radius 1 is 1.19 bits per heavy atom. The van der Waals surface area contributed by atoms with Gasteiger partial charge in [-0.05, 0) is 42.2 Å². The van der Waals surface area contributed by atoms with Crippen LogP contribution < -0.4 is 10.6 Å². The standard InChI is InChI=1S/C19H15Cl2N3O3/c20-12-5-6-14(21)15(9-12)22-16(25)10-24-17(26)19(23-18(24)27)8-7-11-3-1-2-4-13(11)19/h1-6,9H,7-8,10H2,(H,22,25)(H,23,27)/t19-/m1/s1. The Morgan fingerprint density at radius 3 is 2.78 bits per heavy atom. The first-order valence-corrected chi connectivity index (χ1v) is 9.14. The summed E-state index contributed by atoms with van der Waals surface area (Å²) >= 11 is 11.9. The van der Waals surface area contributed by atoms with Gasteiger partial charge in [-0.2, -0.15) is 0 Å². The van der Waals surface area contributed by atoms with Gasteiger partial charge in [-0.15, -0.1) is 0 Å². The second-order valence-corrected chi connectivity index (χ2v) is 7.40. The molecule has 8 heteroatoms. The van der Waals surface area contributed by atoms with E-state index < -0.39 is 29.9 Å². The molecule has 1 spiro atoms. The maximum Gasteiger partial charge on any atom is 0.325 e. The molecule has 0 aromatic heterocycles. The van der Waals surface area contributed by atoms with Crippen LogP contribution in [0.15, 0.2) is 42.5 Å². The molecule has 0 unspecified atom stereocenters. The molecule has 2 aromatic carbocycles. The number of anilines is 1. The maximum atomic E-state index is 13.0. The molecule has 138 valence electrons. The molecule has 2 aromatic rings. The molecule has 27 heavy (non-hydrogen) atoms. The molecule has 1 saturated heterocycles. The van der Waals surface area contributed by atoms with Crippen LogP contribution in [-0.2, 0) is 21.5 Å². The SMILES string of the molecule is O=C(CN1C(=O)N[C@@]2(CCc3ccccc32)C1=O)Nc1cc(Cl)ccc1Cl. The molecule has 2 aliphatic rings. The predicted octanol–water partition coefficient (Wildman–Crippen LogP) is 3.33. The van der Waals surface area contributed by atoms with Crippen LogP contribution in [0.25, 0.3) is 0 Å². The Bertz CT molecular complexity index is 978. The summed E-state index contributed by atoms with van der Waals surface area (Å²) in [5, 5.41) is 6.09. The molecular formula is C19H15Cl2N3O3. The summed E-state index contributed by atoms with van der Waals surface area (Å²) in [6.45, 7) is -0.405. The molecule has 1 aliphatic heterocycles. The van der Waals surface area contributed by atoms with Crippen molar-refractivity contribution < 1.29 is 14.4 Å². The first kappa shape index (κ1) is 17.8. The highest BCUT2D eigenvalue weighted by atomic mass is 35.5. The zero-order valence-corrected chi connectivity index (χ0v) is 15.6. The number of urea groups is 1. The van der Waals surface area contributed by atoms with Crippen LogP contribution in [0.2, 0.25) is 10.0 Å². The number of nitrogens with one attached hydrogen (secondary N) is 2. The maximum absolute atomic E-state index is 13.0. The van der Waals surface area contributed by atoms with Gasteiger partial charge in [-0.25, -0.2) is 4.79 Å². The van der Waals surface area contributed by atoms with Crippen molar-refractivity contribution in [2.75, 3.05) is 11.9 Å². The van der Waals surface area contributed by atoms with E-state index in [0.717, 1.165) is 16.0 Å². The van der Waals surface area contributed by atoms with Crippen molar-refractivity contribution >= 4 is 46.7 Å². The largest absolute Gasteiger partial charge is 0.325 e. The summed E-state index contributed by atoms with van der Waals surface area (Å²) in [4.78, 5) is 38.8. The number of hydrogen-bond acceptors (Lipinski definition) is 3. The number of imide groups is 1. The van der Waals surface area contributed by atoms with E-state index in [-0.39, 0.29) is 0 Å². The molecule has 1 atom stereocenters. The number of nitrogens with zero attached hydrogens (tertiary/aromatic N) is 1. The van der Waals surface area contributed by atoms with Crippen molar-refractivity contribution in [3.63, 3.8) is 0 Å². The van der Waals surface area contributed by atoms with Crippen LogP contribution in [0.4, 0.5) is 10.5 Å². The van der Waals surface area contributed by atoms with Crippen molar-refractivity contribution in [2.45, 2.75) is 18.4 Å². The lowest BCUT2D eigenvalue weighted by Crippen LogP contribution is -2.43. The summed E-state index contributed by atoms with van der Waals surface area (Å²) in [6.07, 6.45) is 1.18. The van der Waals surface area contributed by atoms with Gasteiger partial charge in [-0.3, -0.25) is 14.5 Å². The lowest BCUT2D eigenvalue weighted by molar-refractivity contribution is -0.134. The summed E-state index contributed by atoms with van der Waals surface area (Å²) in [5.41, 5.74) is 1.07. The minimum atomic E-state index is -1.08. The Kier molecular flexibility index (Phi) is 4.32. The highest BCUT2D eigenvalue weighted by Gasteiger charge is 2.55. The molecule has 4 amide bonds. The van der Waals surface area contributed by atoms with Gasteiger partial charge in [0.1, 0.15) is 12.1 Å². The van der Waals surface area contributed by atoms with Crippen LogP contribution in [0.1, 0.15) is 17.5 Å². The first-order chi connectivity index (χ1) is 12.9. The average Bonchev–Trinajstić information content (AvgIpc) is 3.12. The second kappa shape index (κ2) is 6.55. The number of aryl methyl sites for hydroxylation is 1. The highest BCUT2D eigenvalue weighted by Crippen LogP contribution is 2.41. The fourth-order valence-corrected chi connectivity index (χ4v) is 4.00. The van der Waals surface area contributed by atoms with Gasteiger partial charge in [0.15, 0.2) is 0 Å². The van der Waals surface area contributed by atoms with E-state index in [9.17, 15) is 14.4 Å². The van der Waals surface area contributed by atoms with E-state index >= 15 is 0 Å². The normalized spacial score (nSPS) is 20.7. The highest BCUT2D eigenvalue weighted by molar-refractivity contribution is 6.35. The molecule has 0 saturated carbocycles. The number of amides is 4. The van der Waals surface area contributed by atoms with Gasteiger partial charge in [0.05, 0.1) is 10.7 Å². The fraction of sp³-hybridized carbons (Fsp3) is 0.211. The Hall–Kier alpha value is -2.57. The van der Waals surface area contributed by atoms with Gasteiger partial charge >= 0.3 is 6.03 Å². The van der Waals surface area contributed by atoms with E-state index in [1.807, 2.05) is 24.3 Å². The first-order valence-electron chi connectivity index (χ1n) is 8.38. The van der Waals surface area contributed by atoms with Crippen molar-refractivity contribution in [2.24, 2.45) is 0 Å². The Morgan fingerprint density at radius 2 is 1.96 bits per heavy atom. The van der Waals surface area contributed by atoms with E-state index in [2.05, 4.69) is 10.6 Å². The summed E-state index contributed by atoms with van der Waals surface area (Å²) in [6, 6.07) is 11.6. The zero-order valence-electron chi connectivity index (χ0n) is 14.1. The van der Waals surface area contributed by atoms with Gasteiger partial charge in [-0.1, -0.05) is 47.5 Å². The quantitative estimate of drug-likeness (QED) is 0.771. The molecule has 1 fully saturated rings. The van der Waals surface area contributed by atoms with Crippen molar-refractivity contribution in [3.05, 3.63) is 63.6 Å². The van der Waals surface area contributed by atoms with Crippen LogP contribution in [0, 0.1) is 0 Å². The zero-order chi connectivity index (χ0) is 19.2. The summed E-state index contributed by atoms with van der Waals surface area (Å²) in [5.74, 6) is -0.948. The van der Waals surface area contributed by atoms with Gasteiger partial charge < -0.3 is 10.6 Å². The monoisotopic (exact) mass is 403 g/mol. The molecule has 0 bridgehead atoms. The van der Waals surface area contributed by atoms with Crippen LogP contribution in [-0.4, -0.2) is 29.3 Å². The van der Waals surface area contributed by atoms with Crippen LogP contribution >= 0.6 is 23.2 Å². The summed E-state index contributed by atoms with van der Waals surface area (Å²) in [7, 11) is 0.